The third-order valence-corrected chi connectivity index (χ3v) is 5.97. The van der Waals surface area contributed by atoms with E-state index in [9.17, 15) is 9.59 Å². The van der Waals surface area contributed by atoms with Crippen LogP contribution in [0.15, 0.2) is 0 Å². The average molecular weight is 402 g/mol. The van der Waals surface area contributed by atoms with Gasteiger partial charge in [0, 0.05) is 39.7 Å². The summed E-state index contributed by atoms with van der Waals surface area (Å²) in [7, 11) is -1.24. The summed E-state index contributed by atoms with van der Waals surface area (Å²) >= 11 is 0. The number of rotatable bonds is 7. The van der Waals surface area contributed by atoms with Crippen LogP contribution in [0, 0.1) is 5.92 Å². The van der Waals surface area contributed by atoms with E-state index in [0.717, 1.165) is 12.6 Å². The Labute approximate surface area is 165 Å². The van der Waals surface area contributed by atoms with Gasteiger partial charge >= 0.3 is 12.2 Å². The number of carbonyl (C=O) groups is 2. The highest BCUT2D eigenvalue weighted by molar-refractivity contribution is 6.76. The van der Waals surface area contributed by atoms with E-state index in [0.29, 0.717) is 25.7 Å². The predicted molar refractivity (Wildman–Crippen MR) is 111 cm³/mol. The molecule has 1 fully saturated rings. The molecule has 1 aliphatic heterocycles. The minimum absolute atomic E-state index is 0.115. The van der Waals surface area contributed by atoms with Crippen LogP contribution >= 0.6 is 0 Å². The van der Waals surface area contributed by atoms with Crippen LogP contribution in [0.2, 0.25) is 25.7 Å². The van der Waals surface area contributed by atoms with Gasteiger partial charge in [-0.25, -0.2) is 9.59 Å². The molecule has 2 N–H and O–H groups in total. The first kappa shape index (κ1) is 23.8. The summed E-state index contributed by atoms with van der Waals surface area (Å²) in [5.74, 6) is 0.115. The molecule has 2 atom stereocenters. The van der Waals surface area contributed by atoms with Crippen molar-refractivity contribution in [2.24, 2.45) is 5.92 Å². The van der Waals surface area contributed by atoms with Gasteiger partial charge in [0.25, 0.3) is 0 Å². The number of hydrogen-bond donors (Lipinski definition) is 2. The maximum atomic E-state index is 12.4. The summed E-state index contributed by atoms with van der Waals surface area (Å²) in [4.78, 5) is 26.3. The molecule has 0 saturated carbocycles. The Morgan fingerprint density at radius 2 is 1.81 bits per heavy atom. The molecule has 0 bridgehead atoms. The first-order valence-electron chi connectivity index (χ1n) is 9.91. The molecular formula is C19H39N3O4Si. The molecule has 1 heterocycles. The fourth-order valence-corrected chi connectivity index (χ4v) is 3.46. The minimum atomic E-state index is -1.24. The van der Waals surface area contributed by atoms with Gasteiger partial charge < -0.3 is 25.0 Å². The summed E-state index contributed by atoms with van der Waals surface area (Å²) in [5.41, 5.74) is -0.538. The molecule has 1 saturated heterocycles. The van der Waals surface area contributed by atoms with Gasteiger partial charge in [0.15, 0.2) is 0 Å². The molecule has 2 amide bonds. The Kier molecular flexibility index (Phi) is 8.60. The first-order valence-corrected chi connectivity index (χ1v) is 13.6. The van der Waals surface area contributed by atoms with Crippen molar-refractivity contribution >= 4 is 20.3 Å². The Hall–Kier alpha value is -1.28. The Morgan fingerprint density at radius 3 is 2.33 bits per heavy atom. The number of nitrogens with zero attached hydrogens (tertiary/aromatic N) is 1. The van der Waals surface area contributed by atoms with Crippen LogP contribution in [0.5, 0.6) is 0 Å². The summed E-state index contributed by atoms with van der Waals surface area (Å²) in [6.07, 6.45) is -0.743. The van der Waals surface area contributed by atoms with Gasteiger partial charge in [-0.05, 0) is 26.8 Å². The summed E-state index contributed by atoms with van der Waals surface area (Å²) in [6.45, 7) is 18.6. The number of hydrogen-bond acceptors (Lipinski definition) is 5. The molecule has 7 nitrogen and oxygen atoms in total. The van der Waals surface area contributed by atoms with Crippen LogP contribution in [-0.2, 0) is 9.47 Å². The van der Waals surface area contributed by atoms with Gasteiger partial charge in [0.2, 0.25) is 0 Å². The Morgan fingerprint density at radius 1 is 1.19 bits per heavy atom. The van der Waals surface area contributed by atoms with Crippen LogP contribution < -0.4 is 10.6 Å². The maximum absolute atomic E-state index is 12.4. The second-order valence-electron chi connectivity index (χ2n) is 9.91. The van der Waals surface area contributed by atoms with E-state index in [2.05, 4.69) is 44.1 Å². The number of amides is 2. The number of carbonyl (C=O) groups excluding carboxylic acids is 2. The third-order valence-electron chi connectivity index (χ3n) is 4.27. The number of ether oxygens (including phenoxy) is 2. The smallest absolute Gasteiger partial charge is 0.410 e. The highest BCUT2D eigenvalue weighted by Crippen LogP contribution is 2.20. The van der Waals surface area contributed by atoms with Crippen LogP contribution in [0.25, 0.3) is 0 Å². The lowest BCUT2D eigenvalue weighted by atomic mass is 10.0. The summed E-state index contributed by atoms with van der Waals surface area (Å²) in [6, 6.07) is 1.13. The van der Waals surface area contributed by atoms with E-state index in [1.54, 1.807) is 4.90 Å². The second kappa shape index (κ2) is 9.77. The zero-order chi connectivity index (χ0) is 20.8. The normalized spacial score (nSPS) is 20.7. The topological polar surface area (TPSA) is 79.9 Å². The van der Waals surface area contributed by atoms with Gasteiger partial charge in [0.1, 0.15) is 5.60 Å². The third kappa shape index (κ3) is 10.00. The molecule has 8 heteroatoms. The van der Waals surface area contributed by atoms with Crippen molar-refractivity contribution in [1.82, 2.24) is 15.5 Å². The van der Waals surface area contributed by atoms with Crippen LogP contribution in [0.3, 0.4) is 0 Å². The van der Waals surface area contributed by atoms with Gasteiger partial charge in [-0.1, -0.05) is 33.5 Å². The average Bonchev–Trinajstić information content (AvgIpc) is 2.85. The van der Waals surface area contributed by atoms with E-state index in [1.165, 1.54) is 0 Å². The Balaban J connectivity index is 2.63. The molecule has 0 radical (unpaired) electrons. The van der Waals surface area contributed by atoms with E-state index in [1.807, 2.05) is 20.8 Å². The number of likely N-dealkylation sites (tertiary alicyclic amines) is 1. The highest BCUT2D eigenvalue weighted by atomic mass is 28.3. The van der Waals surface area contributed by atoms with Crippen LogP contribution in [0.1, 0.15) is 34.6 Å². The zero-order valence-electron chi connectivity index (χ0n) is 18.3. The molecule has 0 aliphatic carbocycles. The van der Waals surface area contributed by atoms with Gasteiger partial charge in [-0.3, -0.25) is 0 Å². The van der Waals surface area contributed by atoms with Crippen molar-refractivity contribution in [3.05, 3.63) is 0 Å². The van der Waals surface area contributed by atoms with E-state index in [-0.39, 0.29) is 18.1 Å². The molecule has 1 aliphatic rings. The molecule has 158 valence electrons. The lowest BCUT2D eigenvalue weighted by Gasteiger charge is -2.24. The van der Waals surface area contributed by atoms with Gasteiger partial charge in [-0.15, -0.1) is 0 Å². The molecule has 0 aromatic heterocycles. The van der Waals surface area contributed by atoms with Crippen molar-refractivity contribution in [2.45, 2.75) is 78.0 Å². The number of nitrogens with one attached hydrogen (secondary N) is 2. The lowest BCUT2D eigenvalue weighted by Crippen LogP contribution is -2.45. The molecule has 0 aromatic carbocycles. The Bertz CT molecular complexity index is 500. The predicted octanol–water partition coefficient (Wildman–Crippen LogP) is 3.28. The van der Waals surface area contributed by atoms with Crippen LogP contribution in [-0.4, -0.2) is 69.1 Å². The van der Waals surface area contributed by atoms with E-state index < -0.39 is 19.8 Å². The van der Waals surface area contributed by atoms with Crippen molar-refractivity contribution in [3.8, 4) is 0 Å². The second-order valence-corrected chi connectivity index (χ2v) is 15.5. The molecular weight excluding hydrogens is 362 g/mol. The van der Waals surface area contributed by atoms with Gasteiger partial charge in [-0.2, -0.15) is 0 Å². The fourth-order valence-electron chi connectivity index (χ4n) is 2.75. The largest absolute Gasteiger partial charge is 0.450 e. The SMILES string of the molecule is CC(C)NCC1CN(C(=O)OC(C)(C)C)CC1NC(=O)OCC[Si](C)(C)C. The van der Waals surface area contributed by atoms with Crippen LogP contribution in [0.4, 0.5) is 9.59 Å². The lowest BCUT2D eigenvalue weighted by molar-refractivity contribution is 0.0285. The minimum Gasteiger partial charge on any atom is -0.450 e. The maximum Gasteiger partial charge on any atom is 0.410 e. The monoisotopic (exact) mass is 401 g/mol. The van der Waals surface area contributed by atoms with E-state index in [4.69, 9.17) is 9.47 Å². The van der Waals surface area contributed by atoms with Crippen molar-refractivity contribution < 1.29 is 19.1 Å². The summed E-state index contributed by atoms with van der Waals surface area (Å²) in [5, 5.41) is 6.35. The van der Waals surface area contributed by atoms with Crippen molar-refractivity contribution in [1.29, 1.82) is 0 Å². The zero-order valence-corrected chi connectivity index (χ0v) is 19.3. The van der Waals surface area contributed by atoms with E-state index >= 15 is 0 Å². The van der Waals surface area contributed by atoms with Gasteiger partial charge in [0.05, 0.1) is 12.6 Å². The fraction of sp³-hybridized carbons (Fsp3) is 0.895. The first-order chi connectivity index (χ1) is 12.3. The molecule has 27 heavy (non-hydrogen) atoms. The molecule has 1 rings (SSSR count). The molecule has 0 aromatic rings. The molecule has 0 spiro atoms. The van der Waals surface area contributed by atoms with Crippen molar-refractivity contribution in [2.75, 3.05) is 26.2 Å². The highest BCUT2D eigenvalue weighted by Gasteiger charge is 2.38. The number of alkyl carbamates (subject to hydrolysis) is 1. The van der Waals surface area contributed by atoms with Crippen molar-refractivity contribution in [3.63, 3.8) is 0 Å². The summed E-state index contributed by atoms with van der Waals surface area (Å²) < 4.78 is 10.8. The quantitative estimate of drug-likeness (QED) is 0.640. The molecule has 2 unspecified atom stereocenters. The standard InChI is InChI=1S/C19H39N3O4Si/c1-14(2)20-11-15-12-22(18(24)26-19(3,4)5)13-16(15)21-17(23)25-9-10-27(6,7)8/h14-16,20H,9-13H2,1-8H3,(H,21,23).